The molecule has 0 bridgehead atoms. The maximum atomic E-state index is 9.85. The molecule has 0 radical (unpaired) electrons. The van der Waals surface area contributed by atoms with Gasteiger partial charge in [0.05, 0.1) is 22.0 Å². The number of aliphatic hydroxyl groups is 1. The molecule has 21 heavy (non-hydrogen) atoms. The fourth-order valence-corrected chi connectivity index (χ4v) is 3.21. The largest absolute Gasteiger partial charge is 0.487 e. The molecule has 2 aromatic rings. The third-order valence-corrected chi connectivity index (χ3v) is 4.70. The van der Waals surface area contributed by atoms with Crippen molar-refractivity contribution in [2.45, 2.75) is 33.0 Å². The van der Waals surface area contributed by atoms with Crippen LogP contribution in [0, 0.1) is 0 Å². The molecule has 0 unspecified atom stereocenters. The van der Waals surface area contributed by atoms with Crippen molar-refractivity contribution < 1.29 is 9.84 Å². The number of hydrogen-bond donors (Lipinski definition) is 1. The monoisotopic (exact) mass is 416 g/mol. The minimum atomic E-state index is -0.585. The van der Waals surface area contributed by atoms with Gasteiger partial charge in [-0.25, -0.2) is 0 Å². The Kier molecular flexibility index (Phi) is 5.46. The van der Waals surface area contributed by atoms with Gasteiger partial charge in [-0.1, -0.05) is 22.9 Å². The highest BCUT2D eigenvalue weighted by molar-refractivity contribution is 9.10. The Morgan fingerprint density at radius 1 is 1.38 bits per heavy atom. The van der Waals surface area contributed by atoms with Gasteiger partial charge in [0.1, 0.15) is 12.4 Å². The standard InChI is InChI=1S/C15H18Br2N2O2/c1-4-12-15(17)13(19(3)18-12)8-21-14-6-5-10(16)7-11(14)9(2)20/h5-7,9,20H,4,8H2,1-3H3/t9-/m0/s1. The van der Waals surface area contributed by atoms with Gasteiger partial charge < -0.3 is 9.84 Å². The SMILES string of the molecule is CCc1nn(C)c(COc2ccc(Br)cc2[C@H](C)O)c1Br. The highest BCUT2D eigenvalue weighted by atomic mass is 79.9. The Labute approximate surface area is 141 Å². The van der Waals surface area contributed by atoms with Crippen LogP contribution in [-0.4, -0.2) is 14.9 Å². The van der Waals surface area contributed by atoms with Crippen LogP contribution in [0.15, 0.2) is 27.1 Å². The van der Waals surface area contributed by atoms with Gasteiger partial charge in [0.2, 0.25) is 0 Å². The van der Waals surface area contributed by atoms with Crippen molar-refractivity contribution in [2.24, 2.45) is 7.05 Å². The van der Waals surface area contributed by atoms with Crippen molar-refractivity contribution >= 4 is 31.9 Å². The first-order chi connectivity index (χ1) is 9.93. The summed E-state index contributed by atoms with van der Waals surface area (Å²) >= 11 is 6.98. The lowest BCUT2D eigenvalue weighted by atomic mass is 10.1. The van der Waals surface area contributed by atoms with Crippen LogP contribution in [-0.2, 0) is 20.1 Å². The number of benzene rings is 1. The molecule has 6 heteroatoms. The Morgan fingerprint density at radius 3 is 2.67 bits per heavy atom. The number of aromatic nitrogens is 2. The van der Waals surface area contributed by atoms with Gasteiger partial charge in [0, 0.05) is 17.1 Å². The van der Waals surface area contributed by atoms with Crippen molar-refractivity contribution in [1.82, 2.24) is 9.78 Å². The average molecular weight is 418 g/mol. The summed E-state index contributed by atoms with van der Waals surface area (Å²) in [4.78, 5) is 0. The molecule has 0 saturated carbocycles. The van der Waals surface area contributed by atoms with E-state index in [-0.39, 0.29) is 0 Å². The van der Waals surface area contributed by atoms with E-state index in [0.29, 0.717) is 12.4 Å². The molecule has 0 aliphatic heterocycles. The normalized spacial score (nSPS) is 12.5. The minimum absolute atomic E-state index is 0.394. The minimum Gasteiger partial charge on any atom is -0.487 e. The lowest BCUT2D eigenvalue weighted by Gasteiger charge is -2.14. The highest BCUT2D eigenvalue weighted by Crippen LogP contribution is 2.30. The number of aryl methyl sites for hydroxylation is 2. The Hall–Kier alpha value is -0.850. The topological polar surface area (TPSA) is 47.3 Å². The molecule has 1 aromatic carbocycles. The number of hydrogen-bond acceptors (Lipinski definition) is 3. The second-order valence-electron chi connectivity index (χ2n) is 4.83. The molecule has 0 saturated heterocycles. The fraction of sp³-hybridized carbons (Fsp3) is 0.400. The smallest absolute Gasteiger partial charge is 0.131 e. The highest BCUT2D eigenvalue weighted by Gasteiger charge is 2.15. The molecule has 114 valence electrons. The van der Waals surface area contributed by atoms with Crippen molar-refractivity contribution in [1.29, 1.82) is 0 Å². The van der Waals surface area contributed by atoms with Crippen molar-refractivity contribution in [3.63, 3.8) is 0 Å². The van der Waals surface area contributed by atoms with E-state index in [9.17, 15) is 5.11 Å². The van der Waals surface area contributed by atoms with E-state index in [2.05, 4.69) is 43.9 Å². The average Bonchev–Trinajstić information content (AvgIpc) is 2.72. The van der Waals surface area contributed by atoms with E-state index in [0.717, 1.165) is 32.3 Å². The van der Waals surface area contributed by atoms with Crippen molar-refractivity contribution in [2.75, 3.05) is 0 Å². The van der Waals surface area contributed by atoms with E-state index in [1.54, 1.807) is 6.92 Å². The molecule has 1 heterocycles. The lowest BCUT2D eigenvalue weighted by molar-refractivity contribution is 0.189. The van der Waals surface area contributed by atoms with Gasteiger partial charge in [0.25, 0.3) is 0 Å². The summed E-state index contributed by atoms with van der Waals surface area (Å²) in [6.07, 6.45) is 0.282. The molecular formula is C15H18Br2N2O2. The molecule has 0 fully saturated rings. The van der Waals surface area contributed by atoms with E-state index < -0.39 is 6.10 Å². The van der Waals surface area contributed by atoms with Crippen LogP contribution in [0.2, 0.25) is 0 Å². The first kappa shape index (κ1) is 16.5. The predicted octanol–water partition coefficient (Wildman–Crippen LogP) is 4.14. The molecule has 1 aromatic heterocycles. The van der Waals surface area contributed by atoms with Crippen LogP contribution in [0.3, 0.4) is 0 Å². The Morgan fingerprint density at radius 2 is 2.10 bits per heavy atom. The van der Waals surface area contributed by atoms with Crippen LogP contribution in [0.5, 0.6) is 5.75 Å². The Bertz CT molecular complexity index is 639. The lowest BCUT2D eigenvalue weighted by Crippen LogP contribution is -2.06. The first-order valence-corrected chi connectivity index (χ1v) is 8.33. The van der Waals surface area contributed by atoms with Crippen LogP contribution >= 0.6 is 31.9 Å². The number of ether oxygens (including phenoxy) is 1. The number of nitrogens with zero attached hydrogens (tertiary/aromatic N) is 2. The number of halogens is 2. The summed E-state index contributed by atoms with van der Waals surface area (Å²) in [5, 5.41) is 14.3. The van der Waals surface area contributed by atoms with Crippen LogP contribution < -0.4 is 4.74 Å². The van der Waals surface area contributed by atoms with Gasteiger partial charge in [0.15, 0.2) is 0 Å². The molecule has 0 aliphatic rings. The maximum absolute atomic E-state index is 9.85. The summed E-state index contributed by atoms with van der Waals surface area (Å²) in [6, 6.07) is 5.63. The molecule has 1 N–H and O–H groups in total. The maximum Gasteiger partial charge on any atom is 0.131 e. The van der Waals surface area contributed by atoms with Gasteiger partial charge in [-0.2, -0.15) is 5.10 Å². The summed E-state index contributed by atoms with van der Waals surface area (Å²) in [7, 11) is 1.90. The first-order valence-electron chi connectivity index (χ1n) is 6.74. The molecular weight excluding hydrogens is 400 g/mol. The van der Waals surface area contributed by atoms with Crippen molar-refractivity contribution in [3.8, 4) is 5.75 Å². The predicted molar refractivity (Wildman–Crippen MR) is 89.4 cm³/mol. The zero-order valence-corrected chi connectivity index (χ0v) is 15.4. The molecule has 0 spiro atoms. The van der Waals surface area contributed by atoms with Crippen molar-refractivity contribution in [3.05, 3.63) is 44.1 Å². The summed E-state index contributed by atoms with van der Waals surface area (Å²) in [5.41, 5.74) is 2.76. The van der Waals surface area contributed by atoms with Gasteiger partial charge in [-0.3, -0.25) is 4.68 Å². The van der Waals surface area contributed by atoms with E-state index in [4.69, 9.17) is 4.74 Å². The zero-order valence-electron chi connectivity index (χ0n) is 12.2. The molecule has 2 rings (SSSR count). The van der Waals surface area contributed by atoms with Crippen LogP contribution in [0.1, 0.15) is 36.9 Å². The van der Waals surface area contributed by atoms with Gasteiger partial charge >= 0.3 is 0 Å². The van der Waals surface area contributed by atoms with E-state index in [1.807, 2.05) is 29.9 Å². The zero-order chi connectivity index (χ0) is 15.6. The fourth-order valence-electron chi connectivity index (χ4n) is 2.10. The van der Waals surface area contributed by atoms with E-state index in [1.165, 1.54) is 0 Å². The molecule has 1 atom stereocenters. The van der Waals surface area contributed by atoms with Crippen LogP contribution in [0.25, 0.3) is 0 Å². The molecule has 0 aliphatic carbocycles. The Balaban J connectivity index is 2.23. The van der Waals surface area contributed by atoms with Crippen LogP contribution in [0.4, 0.5) is 0 Å². The van der Waals surface area contributed by atoms with E-state index >= 15 is 0 Å². The number of rotatable bonds is 5. The third-order valence-electron chi connectivity index (χ3n) is 3.29. The summed E-state index contributed by atoms with van der Waals surface area (Å²) in [6.45, 7) is 4.19. The van der Waals surface area contributed by atoms with Gasteiger partial charge in [-0.15, -0.1) is 0 Å². The van der Waals surface area contributed by atoms with Gasteiger partial charge in [-0.05, 0) is 47.5 Å². The summed E-state index contributed by atoms with van der Waals surface area (Å²) in [5.74, 6) is 0.680. The summed E-state index contributed by atoms with van der Waals surface area (Å²) < 4.78 is 9.62. The molecule has 0 amide bonds. The number of aliphatic hydroxyl groups excluding tert-OH is 1. The second kappa shape index (κ2) is 6.94. The quantitative estimate of drug-likeness (QED) is 0.795. The molecule has 4 nitrogen and oxygen atoms in total. The second-order valence-corrected chi connectivity index (χ2v) is 6.54. The third kappa shape index (κ3) is 3.67.